The summed E-state index contributed by atoms with van der Waals surface area (Å²) in [5.41, 5.74) is 0. The van der Waals surface area contributed by atoms with Crippen LogP contribution in [-0.4, -0.2) is 45.0 Å². The summed E-state index contributed by atoms with van der Waals surface area (Å²) in [5.74, 6) is -0.253. The van der Waals surface area contributed by atoms with E-state index >= 15 is 0 Å². The van der Waals surface area contributed by atoms with Crippen molar-refractivity contribution in [3.8, 4) is 0 Å². The van der Waals surface area contributed by atoms with Crippen molar-refractivity contribution < 1.29 is 23.1 Å². The maximum atomic E-state index is 11.6. The van der Waals surface area contributed by atoms with Gasteiger partial charge < -0.3 is 9.84 Å². The topological polar surface area (TPSA) is 92.7 Å². The van der Waals surface area contributed by atoms with Crippen LogP contribution in [0.25, 0.3) is 0 Å². The van der Waals surface area contributed by atoms with Crippen molar-refractivity contribution in [3.63, 3.8) is 0 Å². The molecule has 1 fully saturated rings. The zero-order valence-corrected chi connectivity index (χ0v) is 11.4. The van der Waals surface area contributed by atoms with Gasteiger partial charge in [-0.1, -0.05) is 0 Å². The van der Waals surface area contributed by atoms with Crippen molar-refractivity contribution in [3.05, 3.63) is 0 Å². The minimum absolute atomic E-state index is 0.0721. The average molecular weight is 279 g/mol. The van der Waals surface area contributed by atoms with Crippen LogP contribution in [0, 0.1) is 5.92 Å². The Labute approximate surface area is 108 Å². The minimum atomic E-state index is -3.33. The molecule has 0 spiro atoms. The number of aliphatic hydroxyl groups excluding tert-OH is 1. The van der Waals surface area contributed by atoms with Gasteiger partial charge in [-0.2, -0.15) is 0 Å². The van der Waals surface area contributed by atoms with Crippen LogP contribution in [0.15, 0.2) is 0 Å². The number of ether oxygens (including phenoxy) is 1. The molecule has 2 unspecified atom stereocenters. The number of hydrogen-bond donors (Lipinski definition) is 2. The summed E-state index contributed by atoms with van der Waals surface area (Å²) in [4.78, 5) is 10.8. The Bertz CT molecular complexity index is 368. The zero-order chi connectivity index (χ0) is 13.6. The Morgan fingerprint density at radius 2 is 2.17 bits per heavy atom. The van der Waals surface area contributed by atoms with Crippen molar-refractivity contribution in [2.75, 3.05) is 19.4 Å². The van der Waals surface area contributed by atoms with E-state index in [0.29, 0.717) is 13.0 Å². The number of methoxy groups -OCH3 is 1. The second-order valence-electron chi connectivity index (χ2n) is 4.68. The molecule has 1 aliphatic carbocycles. The molecule has 0 bridgehead atoms. The van der Waals surface area contributed by atoms with Gasteiger partial charge >= 0.3 is 5.97 Å². The van der Waals surface area contributed by atoms with Crippen molar-refractivity contribution in [1.29, 1.82) is 0 Å². The van der Waals surface area contributed by atoms with Crippen LogP contribution in [-0.2, 0) is 19.6 Å². The first kappa shape index (κ1) is 15.4. The molecule has 18 heavy (non-hydrogen) atoms. The molecule has 1 saturated carbocycles. The fourth-order valence-corrected chi connectivity index (χ4v) is 3.22. The highest BCUT2D eigenvalue weighted by molar-refractivity contribution is 7.89. The molecule has 106 valence electrons. The van der Waals surface area contributed by atoms with Crippen molar-refractivity contribution in [2.45, 2.75) is 38.2 Å². The third-order valence-electron chi connectivity index (χ3n) is 3.13. The molecule has 0 radical (unpaired) electrons. The predicted octanol–water partition coefficient (Wildman–Crippen LogP) is 0.0200. The fraction of sp³-hybridized carbons (Fsp3) is 0.909. The number of sulfonamides is 1. The number of nitrogens with one attached hydrogen (secondary N) is 1. The first-order valence-electron chi connectivity index (χ1n) is 6.15. The highest BCUT2D eigenvalue weighted by Gasteiger charge is 2.24. The quantitative estimate of drug-likeness (QED) is 0.641. The Morgan fingerprint density at radius 3 is 2.72 bits per heavy atom. The number of carbonyl (C=O) groups excluding carboxylic acids is 1. The molecule has 0 heterocycles. The largest absolute Gasteiger partial charge is 0.469 e. The smallest absolute Gasteiger partial charge is 0.305 e. The lowest BCUT2D eigenvalue weighted by Crippen LogP contribution is -2.31. The van der Waals surface area contributed by atoms with Crippen LogP contribution in [0.1, 0.15) is 32.1 Å². The second-order valence-corrected chi connectivity index (χ2v) is 6.61. The van der Waals surface area contributed by atoms with Crippen LogP contribution in [0.4, 0.5) is 0 Å². The van der Waals surface area contributed by atoms with Crippen molar-refractivity contribution in [2.24, 2.45) is 5.92 Å². The second kappa shape index (κ2) is 7.06. The Hall–Kier alpha value is -0.660. The van der Waals surface area contributed by atoms with Crippen LogP contribution in [0.3, 0.4) is 0 Å². The summed E-state index contributed by atoms with van der Waals surface area (Å²) in [5, 5.41) is 9.33. The molecular formula is C11H21NO5S. The van der Waals surface area contributed by atoms with Gasteiger partial charge in [-0.15, -0.1) is 0 Å². The van der Waals surface area contributed by atoms with Crippen LogP contribution < -0.4 is 4.72 Å². The summed E-state index contributed by atoms with van der Waals surface area (Å²) in [6.45, 7) is 0.373. The van der Waals surface area contributed by atoms with Gasteiger partial charge in [0.2, 0.25) is 10.0 Å². The van der Waals surface area contributed by atoms with E-state index in [1.54, 1.807) is 0 Å². The van der Waals surface area contributed by atoms with E-state index in [2.05, 4.69) is 9.46 Å². The van der Waals surface area contributed by atoms with E-state index in [-0.39, 0.29) is 30.6 Å². The maximum Gasteiger partial charge on any atom is 0.305 e. The normalized spacial score (nSPS) is 24.1. The third-order valence-corrected chi connectivity index (χ3v) is 4.56. The van der Waals surface area contributed by atoms with Crippen molar-refractivity contribution in [1.82, 2.24) is 4.72 Å². The first-order valence-corrected chi connectivity index (χ1v) is 7.80. The molecule has 0 amide bonds. The molecule has 0 saturated heterocycles. The standard InChI is InChI=1S/C11H21NO5S/c1-17-11(14)3-2-6-18(15,16)12-8-9-4-5-10(13)7-9/h9-10,12-13H,2-8H2,1H3. The van der Waals surface area contributed by atoms with Crippen molar-refractivity contribution >= 4 is 16.0 Å². The summed E-state index contributed by atoms with van der Waals surface area (Å²) in [6, 6.07) is 0. The SMILES string of the molecule is COC(=O)CCCS(=O)(=O)NCC1CCC(O)C1. The van der Waals surface area contributed by atoms with Gasteiger partial charge in [0.25, 0.3) is 0 Å². The minimum Gasteiger partial charge on any atom is -0.469 e. The summed E-state index contributed by atoms with van der Waals surface area (Å²) in [6.07, 6.45) is 2.33. The van der Waals surface area contributed by atoms with Gasteiger partial charge in [-0.3, -0.25) is 4.79 Å². The number of hydrogen-bond acceptors (Lipinski definition) is 5. The number of carbonyl (C=O) groups is 1. The Morgan fingerprint density at radius 1 is 1.44 bits per heavy atom. The molecule has 1 rings (SSSR count). The van der Waals surface area contributed by atoms with Gasteiger partial charge in [0.15, 0.2) is 0 Å². The molecule has 0 aromatic carbocycles. The summed E-state index contributed by atoms with van der Waals surface area (Å²) < 4.78 is 30.2. The molecule has 7 heteroatoms. The van der Waals surface area contributed by atoms with E-state index in [0.717, 1.165) is 12.8 Å². The fourth-order valence-electron chi connectivity index (χ4n) is 2.06. The maximum absolute atomic E-state index is 11.6. The van der Waals surface area contributed by atoms with E-state index in [9.17, 15) is 18.3 Å². The van der Waals surface area contributed by atoms with Crippen LogP contribution in [0.2, 0.25) is 0 Å². The van der Waals surface area contributed by atoms with Gasteiger partial charge in [-0.25, -0.2) is 13.1 Å². The van der Waals surface area contributed by atoms with E-state index < -0.39 is 16.0 Å². The highest BCUT2D eigenvalue weighted by atomic mass is 32.2. The summed E-state index contributed by atoms with van der Waals surface area (Å²) in [7, 11) is -2.05. The molecule has 0 aromatic heterocycles. The lowest BCUT2D eigenvalue weighted by atomic mass is 10.1. The molecule has 2 N–H and O–H groups in total. The van der Waals surface area contributed by atoms with Gasteiger partial charge in [0.1, 0.15) is 0 Å². The zero-order valence-electron chi connectivity index (χ0n) is 10.6. The highest BCUT2D eigenvalue weighted by Crippen LogP contribution is 2.24. The molecule has 0 aromatic rings. The first-order chi connectivity index (χ1) is 8.43. The van der Waals surface area contributed by atoms with Gasteiger partial charge in [0.05, 0.1) is 19.0 Å². The molecule has 2 atom stereocenters. The lowest BCUT2D eigenvalue weighted by molar-refractivity contribution is -0.140. The molecule has 6 nitrogen and oxygen atoms in total. The van der Waals surface area contributed by atoms with Gasteiger partial charge in [-0.05, 0) is 31.6 Å². The molecular weight excluding hydrogens is 258 g/mol. The van der Waals surface area contributed by atoms with Crippen LogP contribution in [0.5, 0.6) is 0 Å². The molecule has 0 aliphatic heterocycles. The van der Waals surface area contributed by atoms with Gasteiger partial charge in [0, 0.05) is 13.0 Å². The monoisotopic (exact) mass is 279 g/mol. The lowest BCUT2D eigenvalue weighted by Gasteiger charge is -2.11. The predicted molar refractivity (Wildman–Crippen MR) is 66.4 cm³/mol. The average Bonchev–Trinajstić information content (AvgIpc) is 2.72. The van der Waals surface area contributed by atoms with E-state index in [1.165, 1.54) is 7.11 Å². The number of esters is 1. The van der Waals surface area contributed by atoms with E-state index in [1.807, 2.05) is 0 Å². The number of aliphatic hydroxyl groups is 1. The Kier molecular flexibility index (Phi) is 6.04. The molecule has 1 aliphatic rings. The Balaban J connectivity index is 2.21. The van der Waals surface area contributed by atoms with Crippen LogP contribution >= 0.6 is 0 Å². The summed E-state index contributed by atoms with van der Waals surface area (Å²) >= 11 is 0. The third kappa shape index (κ3) is 5.79. The van der Waals surface area contributed by atoms with E-state index in [4.69, 9.17) is 0 Å². The number of rotatable bonds is 7.